The molecule has 120 valence electrons. The second kappa shape index (κ2) is 6.53. The first-order valence-electron chi connectivity index (χ1n) is 7.29. The van der Waals surface area contributed by atoms with Gasteiger partial charge in [-0.3, -0.25) is 10.4 Å². The summed E-state index contributed by atoms with van der Waals surface area (Å²) in [4.78, 5) is 8.25. The third kappa shape index (κ3) is 3.06. The van der Waals surface area contributed by atoms with E-state index in [1.54, 1.807) is 11.3 Å². The Kier molecular flexibility index (Phi) is 4.80. The van der Waals surface area contributed by atoms with Gasteiger partial charge in [0.05, 0.1) is 18.1 Å². The number of halogens is 2. The van der Waals surface area contributed by atoms with E-state index in [-0.39, 0.29) is 4.05 Å². The molecule has 1 aromatic heterocycles. The van der Waals surface area contributed by atoms with E-state index in [0.29, 0.717) is 12.4 Å². The van der Waals surface area contributed by atoms with Gasteiger partial charge in [-0.1, -0.05) is 46.3 Å². The molecule has 2 aromatic rings. The Hall–Kier alpha value is -0.920. The fourth-order valence-corrected chi connectivity index (χ4v) is 5.19. The number of benzene rings is 1. The highest BCUT2D eigenvalue weighted by atomic mass is 127. The summed E-state index contributed by atoms with van der Waals surface area (Å²) >= 11 is 10.2. The van der Waals surface area contributed by atoms with E-state index in [1.807, 2.05) is 31.2 Å². The second-order valence-corrected chi connectivity index (χ2v) is 8.63. The van der Waals surface area contributed by atoms with E-state index in [9.17, 15) is 0 Å². The molecule has 3 rings (SSSR count). The maximum absolute atomic E-state index is 8.19. The summed E-state index contributed by atoms with van der Waals surface area (Å²) in [5.74, 6) is 0.555. The van der Waals surface area contributed by atoms with E-state index >= 15 is 0 Å². The predicted octanol–water partition coefficient (Wildman–Crippen LogP) is 5.43. The lowest BCUT2D eigenvalue weighted by molar-refractivity contribution is 0.922. The number of hydrogen-bond acceptors (Lipinski definition) is 3. The van der Waals surface area contributed by atoms with Crippen LogP contribution in [0.4, 0.5) is 5.00 Å². The van der Waals surface area contributed by atoms with Gasteiger partial charge in [0.15, 0.2) is 0 Å². The molecule has 0 bridgehead atoms. The van der Waals surface area contributed by atoms with Gasteiger partial charge in [-0.2, -0.15) is 0 Å². The maximum Gasteiger partial charge on any atom is 0.107 e. The molecule has 23 heavy (non-hydrogen) atoms. The van der Waals surface area contributed by atoms with Crippen LogP contribution in [0.25, 0.3) is 0 Å². The highest BCUT2D eigenvalue weighted by molar-refractivity contribution is 14.1. The Balaban J connectivity index is 2.23. The number of aliphatic imine (C=N–C) groups is 1. The number of fused-ring (bicyclic) bond motifs is 1. The molecule has 0 fully saturated rings. The number of hydrogen-bond donors (Lipinski definition) is 1. The molecule has 2 heterocycles. The average Bonchev–Trinajstić information content (AvgIpc) is 2.68. The van der Waals surface area contributed by atoms with Gasteiger partial charge in [-0.15, -0.1) is 11.3 Å². The highest BCUT2D eigenvalue weighted by Gasteiger charge is 2.30. The van der Waals surface area contributed by atoms with E-state index in [4.69, 9.17) is 22.0 Å². The number of rotatable bonds is 1. The molecule has 0 saturated heterocycles. The zero-order chi connectivity index (χ0) is 16.7. The summed E-state index contributed by atoms with van der Waals surface area (Å²) in [5, 5.41) is 10.0. The largest absolute Gasteiger partial charge is 0.307 e. The van der Waals surface area contributed by atoms with Crippen LogP contribution in [-0.2, 0) is 0 Å². The van der Waals surface area contributed by atoms with Gasteiger partial charge in [-0.25, -0.2) is 0 Å². The summed E-state index contributed by atoms with van der Waals surface area (Å²) < 4.78 is 0.145. The van der Waals surface area contributed by atoms with Crippen molar-refractivity contribution >= 4 is 62.1 Å². The van der Waals surface area contributed by atoms with Gasteiger partial charge in [0, 0.05) is 21.0 Å². The number of amidine groups is 1. The topological polar surface area (TPSA) is 39.5 Å². The number of aryl methyl sites for hydroxylation is 1. The molecule has 1 N–H and O–H groups in total. The molecule has 6 heteroatoms. The van der Waals surface area contributed by atoms with E-state index in [1.165, 1.54) is 10.4 Å². The van der Waals surface area contributed by atoms with Gasteiger partial charge in [-0.05, 0) is 38.5 Å². The molecule has 0 amide bonds. The molecular weight excluding hydrogens is 441 g/mol. The zero-order valence-corrected chi connectivity index (χ0v) is 16.9. The van der Waals surface area contributed by atoms with Crippen LogP contribution in [-0.4, -0.2) is 22.1 Å². The Morgan fingerprint density at radius 3 is 2.61 bits per heavy atom. The third-order valence-corrected chi connectivity index (χ3v) is 6.39. The van der Waals surface area contributed by atoms with Crippen molar-refractivity contribution in [2.75, 3.05) is 11.4 Å². The molecule has 1 aromatic carbocycles. The Labute approximate surface area is 159 Å². The lowest BCUT2D eigenvalue weighted by Crippen LogP contribution is -2.35. The van der Waals surface area contributed by atoms with E-state index in [2.05, 4.69) is 41.3 Å². The molecule has 1 atom stereocenters. The molecule has 3 nitrogen and oxygen atoms in total. The first kappa shape index (κ1) is 16.9. The van der Waals surface area contributed by atoms with Gasteiger partial charge in [0.25, 0.3) is 0 Å². The van der Waals surface area contributed by atoms with Crippen LogP contribution in [0.5, 0.6) is 0 Å². The summed E-state index contributed by atoms with van der Waals surface area (Å²) in [7, 11) is 0. The SMILES string of the molecule is CC(=N)N1c2sc(C)c(C)c2C(c2ccc(Cl)cc2)=NCC1I. The van der Waals surface area contributed by atoms with Crippen molar-refractivity contribution in [1.82, 2.24) is 0 Å². The van der Waals surface area contributed by atoms with Crippen LogP contribution < -0.4 is 4.90 Å². The average molecular weight is 458 g/mol. The number of nitrogens with zero attached hydrogens (tertiary/aromatic N) is 2. The Morgan fingerprint density at radius 1 is 1.35 bits per heavy atom. The number of nitrogens with one attached hydrogen (secondary N) is 1. The minimum atomic E-state index is 0.145. The lowest BCUT2D eigenvalue weighted by atomic mass is 10.00. The Bertz CT molecular complexity index is 795. The van der Waals surface area contributed by atoms with Crippen molar-refractivity contribution in [3.63, 3.8) is 0 Å². The van der Waals surface area contributed by atoms with E-state index < -0.39 is 0 Å². The number of alkyl halides is 1. The smallest absolute Gasteiger partial charge is 0.107 e. The molecule has 1 aliphatic heterocycles. The third-order valence-electron chi connectivity index (χ3n) is 3.98. The quantitative estimate of drug-likeness (QED) is 0.200. The summed E-state index contributed by atoms with van der Waals surface area (Å²) in [6.07, 6.45) is 0. The van der Waals surface area contributed by atoms with Gasteiger partial charge >= 0.3 is 0 Å². The first-order valence-corrected chi connectivity index (χ1v) is 9.73. The molecule has 0 saturated carbocycles. The fraction of sp³-hybridized carbons (Fsp3) is 0.294. The van der Waals surface area contributed by atoms with Crippen LogP contribution in [0.2, 0.25) is 5.02 Å². The van der Waals surface area contributed by atoms with Crippen LogP contribution in [0.3, 0.4) is 0 Å². The zero-order valence-electron chi connectivity index (χ0n) is 13.2. The molecule has 0 spiro atoms. The standard InChI is InChI=1S/C17H17ClIN3S/c1-9-10(2)23-17-15(9)16(12-4-6-13(18)7-5-12)21-8-14(19)22(17)11(3)20/h4-7,14,20H,8H2,1-3H3. The van der Waals surface area contributed by atoms with Gasteiger partial charge < -0.3 is 4.90 Å². The fourth-order valence-electron chi connectivity index (χ4n) is 2.72. The van der Waals surface area contributed by atoms with Crippen molar-refractivity contribution < 1.29 is 0 Å². The van der Waals surface area contributed by atoms with Crippen LogP contribution in [0, 0.1) is 19.3 Å². The van der Waals surface area contributed by atoms with Gasteiger partial charge in [0.2, 0.25) is 0 Å². The number of anilines is 1. The summed E-state index contributed by atoms with van der Waals surface area (Å²) in [6.45, 7) is 6.77. The monoisotopic (exact) mass is 457 g/mol. The lowest BCUT2D eigenvalue weighted by Gasteiger charge is -2.25. The molecule has 1 aliphatic rings. The molecule has 1 unspecified atom stereocenters. The Morgan fingerprint density at radius 2 is 2.00 bits per heavy atom. The molecule has 0 aliphatic carbocycles. The van der Waals surface area contributed by atoms with Crippen LogP contribution in [0.1, 0.15) is 28.5 Å². The second-order valence-electron chi connectivity index (χ2n) is 5.55. The van der Waals surface area contributed by atoms with Crippen molar-refractivity contribution in [2.45, 2.75) is 24.8 Å². The molecule has 0 radical (unpaired) electrons. The summed E-state index contributed by atoms with van der Waals surface area (Å²) in [5.41, 5.74) is 4.48. The van der Waals surface area contributed by atoms with Crippen LogP contribution >= 0.6 is 45.5 Å². The van der Waals surface area contributed by atoms with Crippen LogP contribution in [0.15, 0.2) is 29.3 Å². The van der Waals surface area contributed by atoms with Crippen molar-refractivity contribution in [1.29, 1.82) is 5.41 Å². The van der Waals surface area contributed by atoms with Crippen molar-refractivity contribution in [3.8, 4) is 0 Å². The summed E-state index contributed by atoms with van der Waals surface area (Å²) in [6, 6.07) is 7.85. The van der Waals surface area contributed by atoms with E-state index in [0.717, 1.165) is 26.9 Å². The number of thiophene rings is 1. The van der Waals surface area contributed by atoms with Crippen molar-refractivity contribution in [3.05, 3.63) is 50.9 Å². The predicted molar refractivity (Wildman–Crippen MR) is 109 cm³/mol. The minimum Gasteiger partial charge on any atom is -0.307 e. The maximum atomic E-state index is 8.19. The van der Waals surface area contributed by atoms with Gasteiger partial charge in [0.1, 0.15) is 9.05 Å². The van der Waals surface area contributed by atoms with Crippen molar-refractivity contribution in [2.24, 2.45) is 4.99 Å². The first-order chi connectivity index (χ1) is 10.9. The minimum absolute atomic E-state index is 0.145. The highest BCUT2D eigenvalue weighted by Crippen LogP contribution is 2.40. The molecular formula is C17H17ClIN3S. The normalized spacial score (nSPS) is 17.5.